The van der Waals surface area contributed by atoms with E-state index in [2.05, 4.69) is 10.1 Å². The lowest BCUT2D eigenvalue weighted by Gasteiger charge is -2.33. The minimum absolute atomic E-state index is 0.167. The Hall–Kier alpha value is -3.66. The zero-order chi connectivity index (χ0) is 24.0. The van der Waals surface area contributed by atoms with Crippen LogP contribution in [0.5, 0.6) is 5.75 Å². The fourth-order valence-corrected chi connectivity index (χ4v) is 4.38. The molecule has 1 aliphatic rings. The summed E-state index contributed by atoms with van der Waals surface area (Å²) in [5.74, 6) is 1.53. The molecule has 10 heteroatoms. The number of hydrogen-bond acceptors (Lipinski definition) is 5. The second-order valence-electron chi connectivity index (χ2n) is 8.29. The van der Waals surface area contributed by atoms with Crippen LogP contribution in [0.4, 0.5) is 13.2 Å². The molecule has 0 spiro atoms. The van der Waals surface area contributed by atoms with Gasteiger partial charge in [-0.1, -0.05) is 18.2 Å². The first kappa shape index (κ1) is 22.1. The number of likely N-dealkylation sites (N-methyl/N-ethyl adjacent to an activating group) is 1. The van der Waals surface area contributed by atoms with Gasteiger partial charge in [0, 0.05) is 18.3 Å². The van der Waals surface area contributed by atoms with Gasteiger partial charge in [-0.05, 0) is 43.8 Å². The molecule has 0 bridgehead atoms. The average Bonchev–Trinajstić information content (AvgIpc) is 3.44. The highest BCUT2D eigenvalue weighted by Gasteiger charge is 2.39. The van der Waals surface area contributed by atoms with Gasteiger partial charge in [-0.2, -0.15) is 18.3 Å². The number of imidazole rings is 1. The molecule has 0 aliphatic carbocycles. The van der Waals surface area contributed by atoms with Gasteiger partial charge in [-0.3, -0.25) is 4.90 Å². The predicted octanol–water partition coefficient (Wildman–Crippen LogP) is 4.50. The molecule has 7 nitrogen and oxygen atoms in total. The Morgan fingerprint density at radius 2 is 1.88 bits per heavy atom. The number of fused-ring (bicyclic) bond motifs is 1. The Morgan fingerprint density at radius 1 is 1.09 bits per heavy atom. The quantitative estimate of drug-likeness (QED) is 0.441. The number of methoxy groups -OCH3 is 1. The minimum Gasteiger partial charge on any atom is -0.495 e. The van der Waals surface area contributed by atoms with Crippen LogP contribution >= 0.6 is 0 Å². The number of rotatable bonds is 4. The molecule has 0 amide bonds. The molecule has 176 valence electrons. The zero-order valence-corrected chi connectivity index (χ0v) is 18.9. The number of benzene rings is 2. The Morgan fingerprint density at radius 3 is 2.59 bits per heavy atom. The third kappa shape index (κ3) is 3.83. The predicted molar refractivity (Wildman–Crippen MR) is 120 cm³/mol. The highest BCUT2D eigenvalue weighted by molar-refractivity contribution is 5.63. The number of ether oxygens (including phenoxy) is 1. The largest absolute Gasteiger partial charge is 0.495 e. The molecular weight excluding hydrogens is 445 g/mol. The van der Waals surface area contributed by atoms with Crippen LogP contribution in [-0.2, 0) is 12.7 Å². The fraction of sp³-hybridized carbons (Fsp3) is 0.292. The molecule has 1 aliphatic heterocycles. The first-order valence-electron chi connectivity index (χ1n) is 10.8. The van der Waals surface area contributed by atoms with E-state index in [0.29, 0.717) is 36.1 Å². The molecule has 0 saturated heterocycles. The van der Waals surface area contributed by atoms with Crippen LogP contribution in [0.2, 0.25) is 0 Å². The van der Waals surface area contributed by atoms with E-state index in [1.54, 1.807) is 31.2 Å². The normalized spacial score (nSPS) is 16.5. The highest BCUT2D eigenvalue weighted by Crippen LogP contribution is 2.40. The number of aromatic nitrogens is 5. The van der Waals surface area contributed by atoms with Crippen molar-refractivity contribution in [1.82, 2.24) is 29.2 Å². The van der Waals surface area contributed by atoms with Gasteiger partial charge in [0.25, 0.3) is 0 Å². The van der Waals surface area contributed by atoms with E-state index in [0.717, 1.165) is 17.4 Å². The van der Waals surface area contributed by atoms with Gasteiger partial charge in [-0.15, -0.1) is 0 Å². The van der Waals surface area contributed by atoms with Crippen molar-refractivity contribution in [1.29, 1.82) is 0 Å². The second-order valence-corrected chi connectivity index (χ2v) is 8.29. The Balaban J connectivity index is 1.57. The lowest BCUT2D eigenvalue weighted by Crippen LogP contribution is -2.37. The molecule has 4 aromatic rings. The van der Waals surface area contributed by atoms with Gasteiger partial charge in [0.05, 0.1) is 43.0 Å². The van der Waals surface area contributed by atoms with Gasteiger partial charge < -0.3 is 9.30 Å². The van der Waals surface area contributed by atoms with E-state index in [4.69, 9.17) is 9.72 Å². The van der Waals surface area contributed by atoms with Crippen molar-refractivity contribution in [3.63, 3.8) is 0 Å². The molecule has 1 unspecified atom stereocenters. The molecule has 0 fully saturated rings. The molecule has 0 radical (unpaired) electrons. The van der Waals surface area contributed by atoms with E-state index >= 15 is 0 Å². The van der Waals surface area contributed by atoms with Crippen molar-refractivity contribution in [2.75, 3.05) is 20.7 Å². The summed E-state index contributed by atoms with van der Waals surface area (Å²) in [6, 6.07) is 10.6. The van der Waals surface area contributed by atoms with Gasteiger partial charge in [-0.25, -0.2) is 14.6 Å². The average molecular weight is 468 g/mol. The summed E-state index contributed by atoms with van der Waals surface area (Å²) in [6.07, 6.45) is -0.861. The molecule has 34 heavy (non-hydrogen) atoms. The van der Waals surface area contributed by atoms with E-state index in [-0.39, 0.29) is 5.56 Å². The Labute approximate surface area is 194 Å². The van der Waals surface area contributed by atoms with Crippen molar-refractivity contribution in [2.45, 2.75) is 25.7 Å². The summed E-state index contributed by atoms with van der Waals surface area (Å²) < 4.78 is 50.4. The number of hydrogen-bond donors (Lipinski definition) is 0. The van der Waals surface area contributed by atoms with E-state index in [1.807, 2.05) is 40.8 Å². The highest BCUT2D eigenvalue weighted by atomic mass is 19.4. The summed E-state index contributed by atoms with van der Waals surface area (Å²) in [5.41, 5.74) is 1.91. The third-order valence-electron chi connectivity index (χ3n) is 6.04. The molecule has 1 atom stereocenters. The number of nitrogens with zero attached hydrogens (tertiary/aromatic N) is 6. The first-order chi connectivity index (χ1) is 16.3. The summed E-state index contributed by atoms with van der Waals surface area (Å²) in [5, 5.41) is 4.63. The lowest BCUT2D eigenvalue weighted by molar-refractivity contribution is -0.138. The topological polar surface area (TPSA) is 61.0 Å². The van der Waals surface area contributed by atoms with Gasteiger partial charge >= 0.3 is 6.18 Å². The number of alkyl halides is 3. The molecule has 0 N–H and O–H groups in total. The molecule has 2 aromatic carbocycles. The maximum absolute atomic E-state index is 13.8. The van der Waals surface area contributed by atoms with Crippen LogP contribution in [0.15, 0.2) is 55.0 Å². The summed E-state index contributed by atoms with van der Waals surface area (Å²) in [6.45, 7) is 2.99. The van der Waals surface area contributed by atoms with Crippen molar-refractivity contribution >= 4 is 0 Å². The monoisotopic (exact) mass is 468 g/mol. The van der Waals surface area contributed by atoms with E-state index in [1.165, 1.54) is 12.1 Å². The molecular formula is C24H23F3N6O. The number of halogens is 3. The van der Waals surface area contributed by atoms with Crippen molar-refractivity contribution in [2.24, 2.45) is 0 Å². The van der Waals surface area contributed by atoms with Crippen LogP contribution in [-0.4, -0.2) is 49.9 Å². The van der Waals surface area contributed by atoms with Crippen LogP contribution in [0.3, 0.4) is 0 Å². The van der Waals surface area contributed by atoms with Crippen LogP contribution in [0.1, 0.15) is 28.7 Å². The maximum Gasteiger partial charge on any atom is 0.416 e. The van der Waals surface area contributed by atoms with Gasteiger partial charge in [0.1, 0.15) is 11.6 Å². The maximum atomic E-state index is 13.8. The standard InChI is InChI=1S/C24H23F3N6O/c1-15-13-32(14-28-15)19-9-8-16(12-20(19)34-3)22-29-23-21(31(2)10-11-33(23)30-22)17-6-4-5-7-18(17)24(25,26)27/h4-9,12-14,21H,10-11H2,1-3H3. The van der Waals surface area contributed by atoms with Gasteiger partial charge in [0.2, 0.25) is 0 Å². The molecule has 3 heterocycles. The summed E-state index contributed by atoms with van der Waals surface area (Å²) in [4.78, 5) is 10.8. The van der Waals surface area contributed by atoms with E-state index in [9.17, 15) is 13.2 Å². The molecule has 5 rings (SSSR count). The Bertz CT molecular complexity index is 1340. The van der Waals surface area contributed by atoms with Crippen LogP contribution in [0, 0.1) is 6.92 Å². The van der Waals surface area contributed by atoms with Gasteiger partial charge in [0.15, 0.2) is 5.82 Å². The zero-order valence-electron chi connectivity index (χ0n) is 18.9. The van der Waals surface area contributed by atoms with Crippen LogP contribution in [0.25, 0.3) is 17.1 Å². The van der Waals surface area contributed by atoms with Crippen molar-refractivity contribution in [3.05, 3.63) is 77.6 Å². The van der Waals surface area contributed by atoms with E-state index < -0.39 is 17.8 Å². The molecule has 0 saturated carbocycles. The van der Waals surface area contributed by atoms with Crippen molar-refractivity contribution < 1.29 is 17.9 Å². The second kappa shape index (κ2) is 8.28. The summed E-state index contributed by atoms with van der Waals surface area (Å²) >= 11 is 0. The third-order valence-corrected chi connectivity index (χ3v) is 6.04. The first-order valence-corrected chi connectivity index (χ1v) is 10.8. The fourth-order valence-electron chi connectivity index (χ4n) is 4.38. The summed E-state index contributed by atoms with van der Waals surface area (Å²) in [7, 11) is 3.39. The number of aryl methyl sites for hydroxylation is 1. The lowest BCUT2D eigenvalue weighted by atomic mass is 9.97. The van der Waals surface area contributed by atoms with Crippen molar-refractivity contribution in [3.8, 4) is 22.8 Å². The van der Waals surface area contributed by atoms with Crippen LogP contribution < -0.4 is 4.74 Å². The Kier molecular flexibility index (Phi) is 5.40. The SMILES string of the molecule is COc1cc(-c2nc3n(n2)CCN(C)C3c2ccccc2C(F)(F)F)ccc1-n1cnc(C)c1. The molecule has 2 aromatic heterocycles. The smallest absolute Gasteiger partial charge is 0.416 e. The minimum atomic E-state index is -4.46.